The molecule has 0 radical (unpaired) electrons. The molecule has 0 atom stereocenters. The molecule has 0 fully saturated rings. The third-order valence-electron chi connectivity index (χ3n) is 4.73. The quantitative estimate of drug-likeness (QED) is 0.390. The van der Waals surface area contributed by atoms with Gasteiger partial charge < -0.3 is 9.15 Å². The summed E-state index contributed by atoms with van der Waals surface area (Å²) in [5, 5.41) is 8.18. The number of aromatic amines is 1. The van der Waals surface area contributed by atoms with Crippen LogP contribution in [0.15, 0.2) is 81.1 Å². The third kappa shape index (κ3) is 4.19. The largest absolute Gasteiger partial charge is 0.438 e. The molecule has 0 unspecified atom stereocenters. The Kier molecular flexibility index (Phi) is 4.90. The van der Waals surface area contributed by atoms with Gasteiger partial charge in [-0.25, -0.2) is 18.2 Å². The van der Waals surface area contributed by atoms with Crippen molar-refractivity contribution >= 4 is 26.8 Å². The fourth-order valence-corrected chi connectivity index (χ4v) is 4.22. The Bertz CT molecular complexity index is 1600. The van der Waals surface area contributed by atoms with Crippen LogP contribution in [0.25, 0.3) is 16.9 Å². The molecule has 0 aliphatic carbocycles. The average molecular weight is 464 g/mol. The second-order valence-corrected chi connectivity index (χ2v) is 8.66. The van der Waals surface area contributed by atoms with Gasteiger partial charge in [-0.1, -0.05) is 0 Å². The standard InChI is InChI=1S/C21H16N6O5S/c1-13-22-10-11-27(13)19-8-9-20(25-24-19)31-15-4-2-14(3-5-15)26-33(29,30)16-6-7-18-17(12-16)23-21(28)32-18/h2-12,26H,1H3,(H,23,28). The molecule has 5 rings (SSSR count). The highest BCUT2D eigenvalue weighted by molar-refractivity contribution is 7.92. The zero-order chi connectivity index (χ0) is 23.0. The first-order valence-corrected chi connectivity index (χ1v) is 11.1. The molecular formula is C21H16N6O5S. The van der Waals surface area contributed by atoms with E-state index in [1.165, 1.54) is 18.2 Å². The molecule has 5 aromatic rings. The van der Waals surface area contributed by atoms with Crippen LogP contribution in [0, 0.1) is 6.92 Å². The van der Waals surface area contributed by atoms with Crippen molar-refractivity contribution in [1.29, 1.82) is 0 Å². The molecule has 2 N–H and O–H groups in total. The molecule has 166 valence electrons. The van der Waals surface area contributed by atoms with Gasteiger partial charge in [0, 0.05) is 24.1 Å². The normalized spacial score (nSPS) is 11.5. The lowest BCUT2D eigenvalue weighted by molar-refractivity contribution is 0.454. The number of aryl methyl sites for hydroxylation is 1. The number of hydrogen-bond donors (Lipinski definition) is 2. The molecule has 12 heteroatoms. The molecule has 0 saturated carbocycles. The van der Waals surface area contributed by atoms with Crippen LogP contribution in [0.5, 0.6) is 11.6 Å². The SMILES string of the molecule is Cc1nccn1-c1ccc(Oc2ccc(NS(=O)(=O)c3ccc4oc(=O)[nH]c4c3)cc2)nn1. The Balaban J connectivity index is 1.29. The first-order chi connectivity index (χ1) is 15.9. The molecule has 0 aliphatic rings. The van der Waals surface area contributed by atoms with E-state index >= 15 is 0 Å². The van der Waals surface area contributed by atoms with Crippen LogP contribution in [-0.2, 0) is 10.0 Å². The number of aromatic nitrogens is 5. The summed E-state index contributed by atoms with van der Waals surface area (Å²) in [5.41, 5.74) is 0.902. The number of fused-ring (bicyclic) bond motifs is 1. The van der Waals surface area contributed by atoms with Crippen molar-refractivity contribution in [3.8, 4) is 17.4 Å². The maximum atomic E-state index is 12.7. The molecule has 0 amide bonds. The van der Waals surface area contributed by atoms with Gasteiger partial charge in [-0.15, -0.1) is 10.2 Å². The molecule has 0 aliphatic heterocycles. The highest BCUT2D eigenvalue weighted by atomic mass is 32.2. The van der Waals surface area contributed by atoms with Crippen molar-refractivity contribution < 1.29 is 17.6 Å². The minimum atomic E-state index is -3.88. The summed E-state index contributed by atoms with van der Waals surface area (Å²) in [6.45, 7) is 1.86. The van der Waals surface area contributed by atoms with Crippen LogP contribution in [0.1, 0.15) is 5.82 Å². The van der Waals surface area contributed by atoms with Crippen molar-refractivity contribution in [2.24, 2.45) is 0 Å². The number of imidazole rings is 1. The van der Waals surface area contributed by atoms with E-state index in [2.05, 4.69) is 24.9 Å². The van der Waals surface area contributed by atoms with E-state index in [1.807, 2.05) is 6.92 Å². The van der Waals surface area contributed by atoms with E-state index < -0.39 is 15.8 Å². The molecule has 0 bridgehead atoms. The summed E-state index contributed by atoms with van der Waals surface area (Å²) in [6, 6.07) is 13.8. The Labute approximate surface area is 186 Å². The van der Waals surface area contributed by atoms with Crippen LogP contribution in [0.4, 0.5) is 5.69 Å². The van der Waals surface area contributed by atoms with Crippen LogP contribution in [0.2, 0.25) is 0 Å². The van der Waals surface area contributed by atoms with Gasteiger partial charge in [0.1, 0.15) is 11.6 Å². The monoisotopic (exact) mass is 464 g/mol. The van der Waals surface area contributed by atoms with Crippen molar-refractivity contribution in [3.63, 3.8) is 0 Å². The summed E-state index contributed by atoms with van der Waals surface area (Å²) in [5.74, 6) is 1.48. The molecule has 0 spiro atoms. The lowest BCUT2D eigenvalue weighted by atomic mass is 10.3. The minimum absolute atomic E-state index is 0.0177. The maximum Gasteiger partial charge on any atom is 0.417 e. The number of nitrogens with one attached hydrogen (secondary N) is 2. The van der Waals surface area contributed by atoms with E-state index in [4.69, 9.17) is 9.15 Å². The Hall–Kier alpha value is -4.45. The zero-order valence-corrected chi connectivity index (χ0v) is 17.9. The number of benzene rings is 2. The van der Waals surface area contributed by atoms with Crippen LogP contribution in [0.3, 0.4) is 0 Å². The lowest BCUT2D eigenvalue weighted by Gasteiger charge is -2.09. The van der Waals surface area contributed by atoms with Crippen molar-refractivity contribution in [1.82, 2.24) is 24.7 Å². The highest BCUT2D eigenvalue weighted by Gasteiger charge is 2.16. The van der Waals surface area contributed by atoms with E-state index in [-0.39, 0.29) is 16.4 Å². The summed E-state index contributed by atoms with van der Waals surface area (Å²) >= 11 is 0. The number of anilines is 1. The molecular weight excluding hydrogens is 448 g/mol. The number of nitrogens with zero attached hydrogens (tertiary/aromatic N) is 4. The number of hydrogen-bond acceptors (Lipinski definition) is 8. The third-order valence-corrected chi connectivity index (χ3v) is 6.11. The number of oxazole rings is 1. The summed E-state index contributed by atoms with van der Waals surface area (Å²) in [7, 11) is -3.88. The van der Waals surface area contributed by atoms with Crippen molar-refractivity contribution in [2.75, 3.05) is 4.72 Å². The summed E-state index contributed by atoms with van der Waals surface area (Å²) < 4.78 is 40.2. The van der Waals surface area contributed by atoms with E-state index in [0.717, 1.165) is 5.82 Å². The van der Waals surface area contributed by atoms with E-state index in [0.29, 0.717) is 22.8 Å². The van der Waals surface area contributed by atoms with Crippen molar-refractivity contribution in [2.45, 2.75) is 11.8 Å². The first kappa shape index (κ1) is 20.5. The molecule has 3 heterocycles. The first-order valence-electron chi connectivity index (χ1n) is 9.65. The molecule has 33 heavy (non-hydrogen) atoms. The summed E-state index contributed by atoms with van der Waals surface area (Å²) in [6.07, 6.45) is 3.46. The van der Waals surface area contributed by atoms with Crippen LogP contribution < -0.4 is 15.2 Å². The smallest absolute Gasteiger partial charge is 0.417 e. The maximum absolute atomic E-state index is 12.7. The van der Waals surface area contributed by atoms with E-state index in [1.54, 1.807) is 53.4 Å². The number of ether oxygens (including phenoxy) is 1. The number of H-pyrrole nitrogens is 1. The van der Waals surface area contributed by atoms with Crippen LogP contribution in [-0.4, -0.2) is 33.2 Å². The van der Waals surface area contributed by atoms with Gasteiger partial charge in [0.05, 0.1) is 10.4 Å². The topological polar surface area (TPSA) is 145 Å². The Morgan fingerprint density at radius 1 is 1.06 bits per heavy atom. The Morgan fingerprint density at radius 3 is 2.58 bits per heavy atom. The highest BCUT2D eigenvalue weighted by Crippen LogP contribution is 2.24. The average Bonchev–Trinajstić information content (AvgIpc) is 3.39. The van der Waals surface area contributed by atoms with Gasteiger partial charge in [0.25, 0.3) is 10.0 Å². The summed E-state index contributed by atoms with van der Waals surface area (Å²) in [4.78, 5) is 17.8. The van der Waals surface area contributed by atoms with E-state index in [9.17, 15) is 13.2 Å². The molecule has 2 aromatic carbocycles. The molecule has 3 aromatic heterocycles. The predicted octanol–water partition coefficient (Wildman–Crippen LogP) is 3.00. The van der Waals surface area contributed by atoms with Gasteiger partial charge in [0.2, 0.25) is 5.88 Å². The lowest BCUT2D eigenvalue weighted by Crippen LogP contribution is -2.12. The fourth-order valence-electron chi connectivity index (χ4n) is 3.14. The number of rotatable bonds is 6. The fraction of sp³-hybridized carbons (Fsp3) is 0.0476. The Morgan fingerprint density at radius 2 is 1.88 bits per heavy atom. The second kappa shape index (κ2) is 7.91. The molecule has 11 nitrogen and oxygen atoms in total. The van der Waals surface area contributed by atoms with Gasteiger partial charge >= 0.3 is 5.76 Å². The zero-order valence-electron chi connectivity index (χ0n) is 17.1. The van der Waals surface area contributed by atoms with Crippen molar-refractivity contribution in [3.05, 3.63) is 83.4 Å². The van der Waals surface area contributed by atoms with Gasteiger partial charge in [-0.05, 0) is 55.5 Å². The van der Waals surface area contributed by atoms with Gasteiger partial charge in [-0.3, -0.25) is 14.3 Å². The predicted molar refractivity (Wildman–Crippen MR) is 118 cm³/mol. The number of sulfonamides is 1. The minimum Gasteiger partial charge on any atom is -0.438 e. The van der Waals surface area contributed by atoms with Crippen LogP contribution >= 0.6 is 0 Å². The van der Waals surface area contributed by atoms with Gasteiger partial charge in [0.15, 0.2) is 11.4 Å². The molecule has 0 saturated heterocycles. The second-order valence-electron chi connectivity index (χ2n) is 6.98. The van der Waals surface area contributed by atoms with Gasteiger partial charge in [-0.2, -0.15) is 0 Å².